The van der Waals surface area contributed by atoms with Crippen molar-refractivity contribution in [2.75, 3.05) is 7.11 Å². The van der Waals surface area contributed by atoms with Crippen molar-refractivity contribution in [3.05, 3.63) is 12.2 Å². The van der Waals surface area contributed by atoms with Gasteiger partial charge in [0.15, 0.2) is 0 Å². The highest BCUT2D eigenvalue weighted by Crippen LogP contribution is 1.90. The van der Waals surface area contributed by atoms with Crippen molar-refractivity contribution in [1.82, 2.24) is 0 Å². The smallest absolute Gasteiger partial charge is 0.331 e. The van der Waals surface area contributed by atoms with Crippen LogP contribution in [0.1, 0.15) is 13.8 Å². The molecule has 0 radical (unpaired) electrons. The van der Waals surface area contributed by atoms with E-state index in [0.29, 0.717) is 0 Å². The molecule has 0 amide bonds. The molecule has 4 nitrogen and oxygen atoms in total. The van der Waals surface area contributed by atoms with Crippen molar-refractivity contribution in [2.45, 2.75) is 20.0 Å². The molecule has 0 heterocycles. The number of hydrogen-bond donors (Lipinski definition) is 0. The van der Waals surface area contributed by atoms with Gasteiger partial charge in [0, 0.05) is 12.2 Å². The number of carbonyl (C=O) groups is 2. The van der Waals surface area contributed by atoms with Gasteiger partial charge in [-0.15, -0.1) is 0 Å². The van der Waals surface area contributed by atoms with Crippen LogP contribution in [0.2, 0.25) is 0 Å². The van der Waals surface area contributed by atoms with E-state index in [4.69, 9.17) is 4.74 Å². The lowest BCUT2D eigenvalue weighted by molar-refractivity contribution is -0.142. The van der Waals surface area contributed by atoms with Crippen LogP contribution in [0.25, 0.3) is 0 Å². The van der Waals surface area contributed by atoms with Crippen LogP contribution in [0, 0.1) is 0 Å². The number of carbonyl (C=O) groups excluding carboxylic acids is 2. The quantitative estimate of drug-likeness (QED) is 0.463. The molecule has 0 unspecified atom stereocenters. The fourth-order valence-electron chi connectivity index (χ4n) is 0.476. The van der Waals surface area contributed by atoms with Crippen LogP contribution in [0.15, 0.2) is 12.2 Å². The summed E-state index contributed by atoms with van der Waals surface area (Å²) in [6.07, 6.45) is 1.87. The minimum atomic E-state index is -0.573. The minimum absolute atomic E-state index is 0.181. The summed E-state index contributed by atoms with van der Waals surface area (Å²) in [6, 6.07) is 0. The van der Waals surface area contributed by atoms with E-state index in [9.17, 15) is 9.59 Å². The number of esters is 2. The highest BCUT2D eigenvalue weighted by molar-refractivity contribution is 5.91. The molecule has 4 heteroatoms. The van der Waals surface area contributed by atoms with Gasteiger partial charge in [0.2, 0.25) is 0 Å². The van der Waals surface area contributed by atoms with E-state index in [0.717, 1.165) is 12.2 Å². The Hall–Kier alpha value is -1.32. The van der Waals surface area contributed by atoms with E-state index < -0.39 is 11.9 Å². The van der Waals surface area contributed by atoms with Crippen LogP contribution in [-0.4, -0.2) is 25.2 Å². The standard InChI is InChI=1S/C8H12O4/c1-6(2)12-8(10)5-4-7(9)11-3/h4-6H,1-3H3/b5-4+. The summed E-state index contributed by atoms with van der Waals surface area (Å²) < 4.78 is 8.98. The van der Waals surface area contributed by atoms with Gasteiger partial charge >= 0.3 is 11.9 Å². The third kappa shape index (κ3) is 5.46. The topological polar surface area (TPSA) is 52.6 Å². The summed E-state index contributed by atoms with van der Waals surface area (Å²) in [7, 11) is 1.24. The summed E-state index contributed by atoms with van der Waals surface area (Å²) in [5, 5.41) is 0. The predicted octanol–water partition coefficient (Wildman–Crippen LogP) is 0.667. The van der Waals surface area contributed by atoms with Gasteiger partial charge in [-0.1, -0.05) is 0 Å². The van der Waals surface area contributed by atoms with Crippen molar-refractivity contribution in [1.29, 1.82) is 0 Å². The van der Waals surface area contributed by atoms with E-state index in [1.54, 1.807) is 13.8 Å². The number of hydrogen-bond acceptors (Lipinski definition) is 4. The Kier molecular flexibility index (Phi) is 4.76. The average molecular weight is 172 g/mol. The highest BCUT2D eigenvalue weighted by Gasteiger charge is 2.00. The molecule has 0 aromatic heterocycles. The molecule has 0 N–H and O–H groups in total. The van der Waals surface area contributed by atoms with Gasteiger partial charge < -0.3 is 9.47 Å². The number of ether oxygens (including phenoxy) is 2. The Morgan fingerprint density at radius 2 is 1.67 bits per heavy atom. The van der Waals surface area contributed by atoms with Crippen LogP contribution < -0.4 is 0 Å². The molecule has 12 heavy (non-hydrogen) atoms. The highest BCUT2D eigenvalue weighted by atomic mass is 16.5. The van der Waals surface area contributed by atoms with E-state index in [1.165, 1.54) is 7.11 Å². The van der Waals surface area contributed by atoms with Gasteiger partial charge in [0.1, 0.15) is 0 Å². The lowest BCUT2D eigenvalue weighted by atomic mass is 10.4. The third-order valence-electron chi connectivity index (χ3n) is 0.909. The summed E-state index contributed by atoms with van der Waals surface area (Å²) in [5.74, 6) is -1.12. The summed E-state index contributed by atoms with van der Waals surface area (Å²) in [5.41, 5.74) is 0. The molecule has 68 valence electrons. The molecule has 0 saturated heterocycles. The minimum Gasteiger partial charge on any atom is -0.466 e. The molecular formula is C8H12O4. The molecule has 0 aromatic carbocycles. The van der Waals surface area contributed by atoms with E-state index in [1.807, 2.05) is 0 Å². The van der Waals surface area contributed by atoms with Gasteiger partial charge in [-0.25, -0.2) is 9.59 Å². The third-order valence-corrected chi connectivity index (χ3v) is 0.909. The Labute approximate surface area is 71.2 Å². The lowest BCUT2D eigenvalue weighted by Crippen LogP contribution is -2.09. The molecule has 0 atom stereocenters. The first-order chi connectivity index (χ1) is 5.56. The Morgan fingerprint density at radius 3 is 2.08 bits per heavy atom. The zero-order valence-corrected chi connectivity index (χ0v) is 7.37. The van der Waals surface area contributed by atoms with Crippen LogP contribution >= 0.6 is 0 Å². The SMILES string of the molecule is COC(=O)/C=C/C(=O)OC(C)C. The molecule has 0 bridgehead atoms. The van der Waals surface area contributed by atoms with Gasteiger partial charge in [-0.2, -0.15) is 0 Å². The summed E-state index contributed by atoms with van der Waals surface area (Å²) in [6.45, 7) is 3.45. The number of methoxy groups -OCH3 is 1. The summed E-state index contributed by atoms with van der Waals surface area (Å²) in [4.78, 5) is 21.2. The van der Waals surface area contributed by atoms with Crippen LogP contribution in [0.3, 0.4) is 0 Å². The Balaban J connectivity index is 3.83. The molecule has 0 aromatic rings. The Bertz CT molecular complexity index is 193. The van der Waals surface area contributed by atoms with Crippen LogP contribution in [-0.2, 0) is 19.1 Å². The normalized spacial score (nSPS) is 10.3. The second-order valence-corrected chi connectivity index (χ2v) is 2.34. The van der Waals surface area contributed by atoms with E-state index in [-0.39, 0.29) is 6.10 Å². The molecule has 0 saturated carbocycles. The molecular weight excluding hydrogens is 160 g/mol. The molecule has 0 spiro atoms. The Morgan fingerprint density at radius 1 is 1.17 bits per heavy atom. The second kappa shape index (κ2) is 5.35. The maximum atomic E-state index is 10.8. The predicted molar refractivity (Wildman–Crippen MR) is 42.4 cm³/mol. The molecule has 0 aliphatic heterocycles. The van der Waals surface area contributed by atoms with Crippen molar-refractivity contribution in [3.8, 4) is 0 Å². The van der Waals surface area contributed by atoms with Gasteiger partial charge in [0.25, 0.3) is 0 Å². The largest absolute Gasteiger partial charge is 0.466 e. The fraction of sp³-hybridized carbons (Fsp3) is 0.500. The number of rotatable bonds is 3. The molecule has 0 aliphatic rings. The average Bonchev–Trinajstić information content (AvgIpc) is 1.99. The maximum Gasteiger partial charge on any atom is 0.331 e. The fourth-order valence-corrected chi connectivity index (χ4v) is 0.476. The zero-order valence-electron chi connectivity index (χ0n) is 7.37. The first-order valence-corrected chi connectivity index (χ1v) is 3.53. The van der Waals surface area contributed by atoms with E-state index >= 15 is 0 Å². The van der Waals surface area contributed by atoms with Crippen molar-refractivity contribution < 1.29 is 19.1 Å². The summed E-state index contributed by atoms with van der Waals surface area (Å²) >= 11 is 0. The zero-order chi connectivity index (χ0) is 9.56. The van der Waals surface area contributed by atoms with Crippen molar-refractivity contribution in [3.63, 3.8) is 0 Å². The lowest BCUT2D eigenvalue weighted by Gasteiger charge is -2.03. The van der Waals surface area contributed by atoms with Crippen LogP contribution in [0.4, 0.5) is 0 Å². The first-order valence-electron chi connectivity index (χ1n) is 3.53. The monoisotopic (exact) mass is 172 g/mol. The van der Waals surface area contributed by atoms with Crippen molar-refractivity contribution >= 4 is 11.9 Å². The molecule has 0 fully saturated rings. The molecule has 0 rings (SSSR count). The second-order valence-electron chi connectivity index (χ2n) is 2.34. The van der Waals surface area contributed by atoms with Gasteiger partial charge in [-0.05, 0) is 13.8 Å². The maximum absolute atomic E-state index is 10.8. The van der Waals surface area contributed by atoms with E-state index in [2.05, 4.69) is 4.74 Å². The first kappa shape index (κ1) is 10.7. The molecule has 0 aliphatic carbocycles. The van der Waals surface area contributed by atoms with Gasteiger partial charge in [0.05, 0.1) is 13.2 Å². The van der Waals surface area contributed by atoms with Crippen molar-refractivity contribution in [2.24, 2.45) is 0 Å². The van der Waals surface area contributed by atoms with Gasteiger partial charge in [-0.3, -0.25) is 0 Å². The van der Waals surface area contributed by atoms with Crippen LogP contribution in [0.5, 0.6) is 0 Å².